The number of benzene rings is 2. The Bertz CT molecular complexity index is 876. The molecule has 0 bridgehead atoms. The van der Waals surface area contributed by atoms with Crippen molar-refractivity contribution in [3.8, 4) is 0 Å². The van der Waals surface area contributed by atoms with Gasteiger partial charge in [-0.05, 0) is 61.4 Å². The molecule has 0 radical (unpaired) electrons. The smallest absolute Gasteiger partial charge is 0.240 e. The minimum atomic E-state index is -3.72. The molecule has 0 aliphatic carbocycles. The molecule has 3 rings (SSSR count). The largest absolute Gasteiger partial charge is 0.383 e. The second-order valence-corrected chi connectivity index (χ2v) is 9.01. The summed E-state index contributed by atoms with van der Waals surface area (Å²) < 4.78 is 33.7. The molecule has 2 N–H and O–H groups in total. The van der Waals surface area contributed by atoms with Crippen LogP contribution in [-0.4, -0.2) is 33.3 Å². The number of aliphatic hydroxyl groups is 1. The van der Waals surface area contributed by atoms with Crippen molar-refractivity contribution in [1.82, 2.24) is 4.72 Å². The molecule has 146 valence electrons. The fourth-order valence-corrected chi connectivity index (χ4v) is 4.71. The summed E-state index contributed by atoms with van der Waals surface area (Å²) in [6, 6.07) is 14.3. The first-order valence-electron chi connectivity index (χ1n) is 9.25. The molecule has 5 nitrogen and oxygen atoms in total. The van der Waals surface area contributed by atoms with Gasteiger partial charge < -0.3 is 9.84 Å². The van der Waals surface area contributed by atoms with Crippen LogP contribution >= 0.6 is 0 Å². The molecule has 1 heterocycles. The Morgan fingerprint density at radius 2 is 1.74 bits per heavy atom. The van der Waals surface area contributed by atoms with Gasteiger partial charge in [-0.3, -0.25) is 0 Å². The summed E-state index contributed by atoms with van der Waals surface area (Å²) in [7, 11) is -3.72. The third kappa shape index (κ3) is 4.41. The lowest BCUT2D eigenvalue weighted by Crippen LogP contribution is -2.47. The van der Waals surface area contributed by atoms with E-state index in [1.807, 2.05) is 44.2 Å². The van der Waals surface area contributed by atoms with Crippen LogP contribution in [0.25, 0.3) is 0 Å². The monoisotopic (exact) mass is 389 g/mol. The van der Waals surface area contributed by atoms with E-state index in [-0.39, 0.29) is 17.4 Å². The third-order valence-corrected chi connectivity index (χ3v) is 6.89. The molecule has 6 heteroatoms. The van der Waals surface area contributed by atoms with Crippen molar-refractivity contribution in [1.29, 1.82) is 0 Å². The number of hydrogen-bond acceptors (Lipinski definition) is 4. The van der Waals surface area contributed by atoms with Crippen LogP contribution in [0.4, 0.5) is 0 Å². The predicted molar refractivity (Wildman–Crippen MR) is 105 cm³/mol. The Kier molecular flexibility index (Phi) is 6.01. The first-order valence-corrected chi connectivity index (χ1v) is 10.7. The van der Waals surface area contributed by atoms with E-state index in [1.165, 1.54) is 0 Å². The molecule has 2 aromatic rings. The average molecular weight is 390 g/mol. The summed E-state index contributed by atoms with van der Waals surface area (Å²) in [4.78, 5) is 0.216. The van der Waals surface area contributed by atoms with Gasteiger partial charge in [-0.1, -0.05) is 36.4 Å². The molecular weight excluding hydrogens is 362 g/mol. The van der Waals surface area contributed by atoms with E-state index in [0.717, 1.165) is 16.7 Å². The fraction of sp³-hybridized carbons (Fsp3) is 0.429. The van der Waals surface area contributed by atoms with Crippen molar-refractivity contribution in [2.75, 3.05) is 19.8 Å². The van der Waals surface area contributed by atoms with Crippen LogP contribution in [0.3, 0.4) is 0 Å². The summed E-state index contributed by atoms with van der Waals surface area (Å²) in [5, 5.41) is 11.5. The van der Waals surface area contributed by atoms with Crippen LogP contribution in [0, 0.1) is 19.8 Å². The van der Waals surface area contributed by atoms with Crippen molar-refractivity contribution >= 4 is 10.0 Å². The molecule has 2 aromatic carbocycles. The Balaban J connectivity index is 1.87. The second kappa shape index (κ2) is 8.10. The number of ether oxygens (including phenoxy) is 1. The molecule has 0 aromatic heterocycles. The van der Waals surface area contributed by atoms with Crippen LogP contribution < -0.4 is 4.72 Å². The summed E-state index contributed by atoms with van der Waals surface area (Å²) in [6.45, 7) is 4.90. The summed E-state index contributed by atoms with van der Waals surface area (Å²) in [5.74, 6) is -0.0731. The van der Waals surface area contributed by atoms with E-state index in [9.17, 15) is 13.5 Å². The standard InChI is InChI=1S/C21H27NO4S/c1-16-8-9-20(14-17(16)2)27(24,25)22-15-21(23,18-6-4-3-5-7-18)19-10-12-26-13-11-19/h3-9,14,19,22-23H,10-13,15H2,1-2H3/t21-/m0/s1. The van der Waals surface area contributed by atoms with Crippen molar-refractivity contribution in [3.63, 3.8) is 0 Å². The van der Waals surface area contributed by atoms with Crippen LogP contribution in [0.5, 0.6) is 0 Å². The van der Waals surface area contributed by atoms with Gasteiger partial charge in [0.2, 0.25) is 10.0 Å². The maximum absolute atomic E-state index is 12.8. The van der Waals surface area contributed by atoms with E-state index < -0.39 is 15.6 Å². The van der Waals surface area contributed by atoms with Crippen LogP contribution in [0.2, 0.25) is 0 Å². The Hall–Kier alpha value is -1.73. The Labute approximate surface area is 161 Å². The van der Waals surface area contributed by atoms with Gasteiger partial charge >= 0.3 is 0 Å². The van der Waals surface area contributed by atoms with Crippen molar-refractivity contribution < 1.29 is 18.3 Å². The average Bonchev–Trinajstić information content (AvgIpc) is 2.69. The Morgan fingerprint density at radius 3 is 2.37 bits per heavy atom. The molecule has 0 saturated carbocycles. The molecule has 0 unspecified atom stereocenters. The maximum Gasteiger partial charge on any atom is 0.240 e. The highest BCUT2D eigenvalue weighted by atomic mass is 32.2. The van der Waals surface area contributed by atoms with Gasteiger partial charge in [0.05, 0.1) is 4.90 Å². The molecule has 1 atom stereocenters. The van der Waals surface area contributed by atoms with E-state index in [0.29, 0.717) is 26.1 Å². The SMILES string of the molecule is Cc1ccc(S(=O)(=O)NC[C@](O)(c2ccccc2)C2CCOCC2)cc1C. The zero-order valence-corrected chi connectivity index (χ0v) is 16.6. The lowest BCUT2D eigenvalue weighted by Gasteiger charge is -2.39. The van der Waals surface area contributed by atoms with E-state index in [1.54, 1.807) is 18.2 Å². The van der Waals surface area contributed by atoms with Crippen LogP contribution in [0.15, 0.2) is 53.4 Å². The van der Waals surface area contributed by atoms with Gasteiger partial charge in [0.15, 0.2) is 0 Å². The number of hydrogen-bond donors (Lipinski definition) is 2. The number of nitrogens with one attached hydrogen (secondary N) is 1. The van der Waals surface area contributed by atoms with E-state index in [2.05, 4.69) is 4.72 Å². The van der Waals surface area contributed by atoms with Crippen molar-refractivity contribution in [3.05, 3.63) is 65.2 Å². The lowest BCUT2D eigenvalue weighted by molar-refractivity contribution is -0.0663. The van der Waals surface area contributed by atoms with E-state index in [4.69, 9.17) is 4.74 Å². The number of aryl methyl sites for hydroxylation is 2. The highest BCUT2D eigenvalue weighted by Crippen LogP contribution is 2.36. The molecule has 1 fully saturated rings. The molecule has 27 heavy (non-hydrogen) atoms. The van der Waals surface area contributed by atoms with Gasteiger partial charge in [-0.25, -0.2) is 13.1 Å². The normalized spacial score (nSPS) is 18.2. The summed E-state index contributed by atoms with van der Waals surface area (Å²) in [5.41, 5.74) is 1.40. The first-order chi connectivity index (χ1) is 12.8. The molecular formula is C21H27NO4S. The van der Waals surface area contributed by atoms with Crippen molar-refractivity contribution in [2.24, 2.45) is 5.92 Å². The summed E-state index contributed by atoms with van der Waals surface area (Å²) in [6.07, 6.45) is 1.38. The second-order valence-electron chi connectivity index (χ2n) is 7.25. The van der Waals surface area contributed by atoms with Gasteiger partial charge in [-0.15, -0.1) is 0 Å². The third-order valence-electron chi connectivity index (χ3n) is 5.49. The highest BCUT2D eigenvalue weighted by Gasteiger charge is 2.40. The maximum atomic E-state index is 12.8. The van der Waals surface area contributed by atoms with Gasteiger partial charge in [0, 0.05) is 19.8 Å². The molecule has 0 spiro atoms. The minimum Gasteiger partial charge on any atom is -0.383 e. The highest BCUT2D eigenvalue weighted by molar-refractivity contribution is 7.89. The predicted octanol–water partition coefficient (Wildman–Crippen LogP) is 2.90. The summed E-state index contributed by atoms with van der Waals surface area (Å²) >= 11 is 0. The van der Waals surface area contributed by atoms with Gasteiger partial charge in [0.1, 0.15) is 5.60 Å². The lowest BCUT2D eigenvalue weighted by atomic mass is 9.77. The fourth-order valence-electron chi connectivity index (χ4n) is 3.55. The quantitative estimate of drug-likeness (QED) is 0.797. The number of sulfonamides is 1. The number of rotatable bonds is 6. The zero-order valence-electron chi connectivity index (χ0n) is 15.8. The Morgan fingerprint density at radius 1 is 1.07 bits per heavy atom. The van der Waals surface area contributed by atoms with Crippen LogP contribution in [0.1, 0.15) is 29.5 Å². The van der Waals surface area contributed by atoms with Gasteiger partial charge in [-0.2, -0.15) is 0 Å². The molecule has 1 aliphatic heterocycles. The van der Waals surface area contributed by atoms with Crippen LogP contribution in [-0.2, 0) is 20.4 Å². The molecule has 1 aliphatic rings. The molecule has 1 saturated heterocycles. The first kappa shape index (κ1) is 20.0. The zero-order chi connectivity index (χ0) is 19.5. The molecule has 0 amide bonds. The van der Waals surface area contributed by atoms with Crippen molar-refractivity contribution in [2.45, 2.75) is 37.2 Å². The van der Waals surface area contributed by atoms with Gasteiger partial charge in [0.25, 0.3) is 0 Å². The minimum absolute atomic E-state index is 0.0725. The van der Waals surface area contributed by atoms with E-state index >= 15 is 0 Å². The topological polar surface area (TPSA) is 75.6 Å².